The minimum Gasteiger partial charge on any atom is -0.395 e. The molecule has 2 N–H and O–H groups in total. The molecule has 0 unspecified atom stereocenters. The molecule has 0 saturated carbocycles. The van der Waals surface area contributed by atoms with Gasteiger partial charge in [0.25, 0.3) is 11.8 Å². The smallest absolute Gasteiger partial charge is 0.277 e. The number of carbonyl (C=O) groups is 2. The van der Waals surface area contributed by atoms with Crippen LogP contribution in [0.1, 0.15) is 11.1 Å². The fraction of sp³-hybridized carbons (Fsp3) is 0.286. The van der Waals surface area contributed by atoms with Gasteiger partial charge in [-0.3, -0.25) is 14.5 Å². The van der Waals surface area contributed by atoms with Crippen LogP contribution in [0.25, 0.3) is 0 Å². The van der Waals surface area contributed by atoms with E-state index in [1.54, 1.807) is 0 Å². The van der Waals surface area contributed by atoms with E-state index >= 15 is 0 Å². The highest BCUT2D eigenvalue weighted by molar-refractivity contribution is 9.10. The lowest BCUT2D eigenvalue weighted by atomic mass is 10.1. The Morgan fingerprint density at radius 1 is 1.30 bits per heavy atom. The Hall–Kier alpha value is -1.66. The fourth-order valence-corrected chi connectivity index (χ4v) is 2.39. The lowest BCUT2D eigenvalue weighted by Gasteiger charge is -2.16. The Morgan fingerprint density at radius 3 is 2.65 bits per heavy atom. The first-order chi connectivity index (χ1) is 9.45. The van der Waals surface area contributed by atoms with Crippen LogP contribution < -0.4 is 5.32 Å². The highest BCUT2D eigenvalue weighted by atomic mass is 79.9. The van der Waals surface area contributed by atoms with Gasteiger partial charge in [0.1, 0.15) is 5.70 Å². The van der Waals surface area contributed by atoms with Gasteiger partial charge in [-0.2, -0.15) is 0 Å². The van der Waals surface area contributed by atoms with E-state index in [4.69, 9.17) is 5.11 Å². The second-order valence-electron chi connectivity index (χ2n) is 4.57. The largest absolute Gasteiger partial charge is 0.395 e. The van der Waals surface area contributed by atoms with Gasteiger partial charge in [0.2, 0.25) is 0 Å². The minimum absolute atomic E-state index is 0.00972. The number of amides is 2. The minimum atomic E-state index is -0.414. The molecule has 2 amide bonds. The van der Waals surface area contributed by atoms with Crippen LogP contribution in [0.4, 0.5) is 5.69 Å². The maximum absolute atomic E-state index is 12.1. The molecule has 0 atom stereocenters. The van der Waals surface area contributed by atoms with Crippen LogP contribution in [0.5, 0.6) is 0 Å². The molecule has 1 aliphatic rings. The number of halogens is 1. The van der Waals surface area contributed by atoms with Crippen molar-refractivity contribution in [3.8, 4) is 0 Å². The van der Waals surface area contributed by atoms with Gasteiger partial charge in [-0.15, -0.1) is 0 Å². The number of carbonyl (C=O) groups excluding carboxylic acids is 2. The van der Waals surface area contributed by atoms with Crippen molar-refractivity contribution < 1.29 is 14.7 Å². The van der Waals surface area contributed by atoms with E-state index in [1.165, 1.54) is 6.08 Å². The van der Waals surface area contributed by atoms with Crippen LogP contribution in [0, 0.1) is 13.8 Å². The van der Waals surface area contributed by atoms with Gasteiger partial charge in [-0.1, -0.05) is 22.0 Å². The molecule has 0 fully saturated rings. The van der Waals surface area contributed by atoms with E-state index in [-0.39, 0.29) is 18.8 Å². The van der Waals surface area contributed by atoms with Crippen molar-refractivity contribution in [3.63, 3.8) is 0 Å². The summed E-state index contributed by atoms with van der Waals surface area (Å²) >= 11 is 3.44. The number of aryl methyl sites for hydroxylation is 1. The molecule has 0 radical (unpaired) electrons. The monoisotopic (exact) mass is 338 g/mol. The summed E-state index contributed by atoms with van der Waals surface area (Å²) in [6, 6.07) is 3.86. The van der Waals surface area contributed by atoms with Gasteiger partial charge in [-0.25, -0.2) is 0 Å². The molecule has 2 rings (SSSR count). The Morgan fingerprint density at radius 2 is 2.00 bits per heavy atom. The molecule has 0 saturated heterocycles. The lowest BCUT2D eigenvalue weighted by Crippen LogP contribution is -2.34. The molecule has 1 aliphatic heterocycles. The Balaban J connectivity index is 2.28. The van der Waals surface area contributed by atoms with Gasteiger partial charge in [0.15, 0.2) is 0 Å². The molecule has 0 spiro atoms. The number of aliphatic hydroxyl groups is 1. The van der Waals surface area contributed by atoms with Gasteiger partial charge >= 0.3 is 0 Å². The predicted octanol–water partition coefficient (Wildman–Crippen LogP) is 1.72. The zero-order valence-electron chi connectivity index (χ0n) is 11.2. The van der Waals surface area contributed by atoms with Crippen molar-refractivity contribution in [2.75, 3.05) is 18.5 Å². The maximum Gasteiger partial charge on any atom is 0.277 e. The lowest BCUT2D eigenvalue weighted by molar-refractivity contribution is -0.137. The normalized spacial score (nSPS) is 14.8. The Bertz CT molecular complexity index is 611. The summed E-state index contributed by atoms with van der Waals surface area (Å²) in [5, 5.41) is 11.9. The number of β-amino-alcohol motifs (C(OH)–C–C–N with tert-alkyl or cyclic N) is 1. The summed E-state index contributed by atoms with van der Waals surface area (Å²) in [5.41, 5.74) is 2.98. The fourth-order valence-electron chi connectivity index (χ4n) is 2.06. The number of benzene rings is 1. The SMILES string of the molecule is Cc1ccc(Br)c(C)c1NC1=CC(=O)N(CCO)C1=O. The first kappa shape index (κ1) is 14.7. The van der Waals surface area contributed by atoms with Crippen molar-refractivity contribution in [2.45, 2.75) is 13.8 Å². The third-order valence-corrected chi connectivity index (χ3v) is 4.06. The number of aliphatic hydroxyl groups excluding tert-OH is 1. The number of nitrogens with zero attached hydrogens (tertiary/aromatic N) is 1. The molecule has 0 aliphatic carbocycles. The van der Waals surface area contributed by atoms with Crippen LogP contribution in [-0.4, -0.2) is 35.0 Å². The van der Waals surface area contributed by atoms with Gasteiger partial charge in [0.05, 0.1) is 13.2 Å². The number of imide groups is 1. The zero-order valence-corrected chi connectivity index (χ0v) is 12.8. The highest BCUT2D eigenvalue weighted by Gasteiger charge is 2.31. The summed E-state index contributed by atoms with van der Waals surface area (Å²) < 4.78 is 0.926. The molecule has 20 heavy (non-hydrogen) atoms. The Kier molecular flexibility index (Phi) is 4.25. The van der Waals surface area contributed by atoms with Gasteiger partial charge in [0, 0.05) is 16.2 Å². The second kappa shape index (κ2) is 5.76. The van der Waals surface area contributed by atoms with Crippen LogP contribution in [0.3, 0.4) is 0 Å². The summed E-state index contributed by atoms with van der Waals surface area (Å²) in [5.74, 6) is -0.820. The molecular formula is C14H15BrN2O3. The molecule has 5 nitrogen and oxygen atoms in total. The van der Waals surface area contributed by atoms with Gasteiger partial charge < -0.3 is 10.4 Å². The maximum atomic E-state index is 12.1. The molecule has 0 bridgehead atoms. The van der Waals surface area contributed by atoms with Crippen molar-refractivity contribution in [1.29, 1.82) is 0 Å². The summed E-state index contributed by atoms with van der Waals surface area (Å²) in [4.78, 5) is 24.8. The van der Waals surface area contributed by atoms with Crippen LogP contribution >= 0.6 is 15.9 Å². The van der Waals surface area contributed by atoms with Gasteiger partial charge in [-0.05, 0) is 31.0 Å². The van der Waals surface area contributed by atoms with E-state index in [2.05, 4.69) is 21.2 Å². The number of anilines is 1. The van der Waals surface area contributed by atoms with E-state index in [1.807, 2.05) is 26.0 Å². The first-order valence-electron chi connectivity index (χ1n) is 6.16. The van der Waals surface area contributed by atoms with Crippen molar-refractivity contribution in [2.24, 2.45) is 0 Å². The Labute approximate surface area is 125 Å². The van der Waals surface area contributed by atoms with E-state index in [9.17, 15) is 9.59 Å². The number of rotatable bonds is 4. The van der Waals surface area contributed by atoms with E-state index in [0.29, 0.717) is 0 Å². The molecule has 6 heteroatoms. The average molecular weight is 339 g/mol. The number of hydrogen-bond donors (Lipinski definition) is 2. The average Bonchev–Trinajstić information content (AvgIpc) is 2.67. The van der Waals surface area contributed by atoms with Crippen LogP contribution in [0.15, 0.2) is 28.4 Å². The van der Waals surface area contributed by atoms with E-state index in [0.717, 1.165) is 26.2 Å². The highest BCUT2D eigenvalue weighted by Crippen LogP contribution is 2.29. The summed E-state index contributed by atoms with van der Waals surface area (Å²) in [6.45, 7) is 3.62. The van der Waals surface area contributed by atoms with Crippen LogP contribution in [-0.2, 0) is 9.59 Å². The topological polar surface area (TPSA) is 69.6 Å². The zero-order chi connectivity index (χ0) is 14.9. The predicted molar refractivity (Wildman–Crippen MR) is 79.1 cm³/mol. The third-order valence-electron chi connectivity index (χ3n) is 3.20. The number of hydrogen-bond acceptors (Lipinski definition) is 4. The molecular weight excluding hydrogens is 324 g/mol. The molecule has 1 heterocycles. The van der Waals surface area contributed by atoms with Crippen molar-refractivity contribution in [1.82, 2.24) is 4.90 Å². The third kappa shape index (κ3) is 2.62. The van der Waals surface area contributed by atoms with Crippen molar-refractivity contribution in [3.05, 3.63) is 39.5 Å². The molecule has 1 aromatic carbocycles. The summed E-state index contributed by atoms with van der Waals surface area (Å²) in [7, 11) is 0. The molecule has 106 valence electrons. The quantitative estimate of drug-likeness (QED) is 0.820. The van der Waals surface area contributed by atoms with Crippen molar-refractivity contribution >= 4 is 33.4 Å². The number of nitrogens with one attached hydrogen (secondary N) is 1. The second-order valence-corrected chi connectivity index (χ2v) is 5.42. The summed E-state index contributed by atoms with van der Waals surface area (Å²) in [6.07, 6.45) is 1.26. The van der Waals surface area contributed by atoms with Crippen LogP contribution in [0.2, 0.25) is 0 Å². The first-order valence-corrected chi connectivity index (χ1v) is 6.96. The van der Waals surface area contributed by atoms with E-state index < -0.39 is 11.8 Å². The standard InChI is InChI=1S/C14H15BrN2O3/c1-8-3-4-10(15)9(2)13(8)16-11-7-12(19)17(5-6-18)14(11)20/h3-4,7,16,18H,5-6H2,1-2H3. The molecule has 1 aromatic rings. The molecule has 0 aromatic heterocycles.